The van der Waals surface area contributed by atoms with Gasteiger partial charge in [-0.05, 0) is 37.3 Å². The van der Waals surface area contributed by atoms with Crippen LogP contribution < -0.4 is 10.9 Å². The molecule has 4 atom stereocenters. The topological polar surface area (TPSA) is 73.2 Å². The lowest BCUT2D eigenvalue weighted by atomic mass is 9.78. The van der Waals surface area contributed by atoms with Crippen LogP contribution in [0.5, 0.6) is 0 Å². The lowest BCUT2D eigenvalue weighted by Crippen LogP contribution is -2.37. The van der Waals surface area contributed by atoms with Crippen LogP contribution in [0.2, 0.25) is 0 Å². The monoisotopic (exact) mass is 417 g/mol. The van der Waals surface area contributed by atoms with Crippen LogP contribution in [0.15, 0.2) is 34.2 Å². The molecule has 1 fully saturated rings. The van der Waals surface area contributed by atoms with E-state index in [1.165, 1.54) is 18.2 Å². The predicted octanol–water partition coefficient (Wildman–Crippen LogP) is 3.64. The highest BCUT2D eigenvalue weighted by Gasteiger charge is 2.32. The van der Waals surface area contributed by atoms with Crippen molar-refractivity contribution < 1.29 is 9.53 Å². The zero-order valence-corrected chi connectivity index (χ0v) is 18.5. The Morgan fingerprint density at radius 1 is 1.34 bits per heavy atom. The highest BCUT2D eigenvalue weighted by atomic mass is 32.2. The smallest absolute Gasteiger partial charge is 0.262 e. The van der Waals surface area contributed by atoms with E-state index >= 15 is 0 Å². The van der Waals surface area contributed by atoms with Crippen molar-refractivity contribution in [2.45, 2.75) is 56.5 Å². The molecule has 3 rings (SSSR count). The Morgan fingerprint density at radius 3 is 2.86 bits per heavy atom. The van der Waals surface area contributed by atoms with Crippen LogP contribution in [0.1, 0.15) is 46.1 Å². The minimum Gasteiger partial charge on any atom is -0.383 e. The Morgan fingerprint density at radius 2 is 2.10 bits per heavy atom. The zero-order chi connectivity index (χ0) is 21.0. The van der Waals surface area contributed by atoms with Crippen molar-refractivity contribution in [3.8, 4) is 0 Å². The molecule has 1 heterocycles. The molecule has 6 nitrogen and oxygen atoms in total. The van der Waals surface area contributed by atoms with Gasteiger partial charge in [0, 0.05) is 19.7 Å². The van der Waals surface area contributed by atoms with Crippen molar-refractivity contribution in [1.29, 1.82) is 0 Å². The van der Waals surface area contributed by atoms with Gasteiger partial charge in [0.25, 0.3) is 5.56 Å². The maximum absolute atomic E-state index is 13.5. The third-order valence-corrected chi connectivity index (χ3v) is 7.09. The van der Waals surface area contributed by atoms with Gasteiger partial charge >= 0.3 is 0 Å². The summed E-state index contributed by atoms with van der Waals surface area (Å²) in [5.74, 6) is 0.861. The molecule has 0 aliphatic heterocycles. The number of rotatable bonds is 7. The molecule has 1 aromatic carbocycles. The first-order valence-corrected chi connectivity index (χ1v) is 11.3. The van der Waals surface area contributed by atoms with Crippen LogP contribution in [0.3, 0.4) is 0 Å². The van der Waals surface area contributed by atoms with E-state index in [1.807, 2.05) is 35.8 Å². The van der Waals surface area contributed by atoms with E-state index in [1.54, 1.807) is 7.11 Å². The second-order valence-electron chi connectivity index (χ2n) is 7.97. The molecule has 1 saturated carbocycles. The molecule has 158 valence electrons. The Hall–Kier alpha value is -1.86. The second kappa shape index (κ2) is 9.76. The molecule has 29 heavy (non-hydrogen) atoms. The average Bonchev–Trinajstić information content (AvgIpc) is 2.71. The van der Waals surface area contributed by atoms with Gasteiger partial charge in [-0.2, -0.15) is 0 Å². The average molecular weight is 418 g/mol. The van der Waals surface area contributed by atoms with Crippen LogP contribution >= 0.6 is 11.8 Å². The van der Waals surface area contributed by atoms with Gasteiger partial charge in [-0.1, -0.05) is 50.6 Å². The fraction of sp³-hybridized carbons (Fsp3) is 0.591. The van der Waals surface area contributed by atoms with Gasteiger partial charge in [0.15, 0.2) is 5.16 Å². The number of carbonyl (C=O) groups is 1. The number of ether oxygens (including phenoxy) is 1. The number of methoxy groups -OCH3 is 1. The molecular formula is C22H31N3O3S. The third-order valence-electron chi connectivity index (χ3n) is 6.03. The number of nitrogens with zero attached hydrogens (tertiary/aromatic N) is 2. The largest absolute Gasteiger partial charge is 0.383 e. The minimum atomic E-state index is -0.359. The van der Waals surface area contributed by atoms with Crippen molar-refractivity contribution in [2.75, 3.05) is 20.3 Å². The lowest BCUT2D eigenvalue weighted by Gasteiger charge is -2.36. The molecule has 0 spiro atoms. The molecule has 0 unspecified atom stereocenters. The van der Waals surface area contributed by atoms with Gasteiger partial charge in [0.2, 0.25) is 5.91 Å². The van der Waals surface area contributed by atoms with Gasteiger partial charge in [-0.3, -0.25) is 14.2 Å². The van der Waals surface area contributed by atoms with Crippen molar-refractivity contribution in [3.63, 3.8) is 0 Å². The summed E-state index contributed by atoms with van der Waals surface area (Å²) >= 11 is 1.36. The van der Waals surface area contributed by atoms with Crippen molar-refractivity contribution in [2.24, 2.45) is 11.8 Å². The summed E-state index contributed by atoms with van der Waals surface area (Å²) in [6, 6.07) is 7.57. The molecule has 1 amide bonds. The van der Waals surface area contributed by atoms with Gasteiger partial charge in [0.05, 0.1) is 22.8 Å². The maximum Gasteiger partial charge on any atom is 0.262 e. The van der Waals surface area contributed by atoms with Crippen molar-refractivity contribution >= 4 is 28.6 Å². The molecule has 0 radical (unpaired) electrons. The summed E-state index contributed by atoms with van der Waals surface area (Å²) in [4.78, 5) is 30.7. The van der Waals surface area contributed by atoms with Crippen LogP contribution in [-0.4, -0.2) is 41.0 Å². The van der Waals surface area contributed by atoms with Crippen LogP contribution in [0.4, 0.5) is 0 Å². The van der Waals surface area contributed by atoms with Gasteiger partial charge in [-0.25, -0.2) is 4.98 Å². The number of amides is 1. The number of nitrogens with one attached hydrogen (secondary N) is 1. The number of para-hydroxylation sites is 1. The predicted molar refractivity (Wildman–Crippen MR) is 117 cm³/mol. The van der Waals surface area contributed by atoms with Crippen LogP contribution in [-0.2, 0) is 9.53 Å². The number of fused-ring (bicyclic) bond motifs is 1. The molecule has 0 saturated heterocycles. The summed E-state index contributed by atoms with van der Waals surface area (Å²) in [6.07, 6.45) is 3.26. The van der Waals surface area contributed by atoms with E-state index in [4.69, 9.17) is 9.72 Å². The summed E-state index contributed by atoms with van der Waals surface area (Å²) in [5, 5.41) is 3.78. The van der Waals surface area contributed by atoms with Crippen LogP contribution in [0, 0.1) is 11.8 Å². The summed E-state index contributed by atoms with van der Waals surface area (Å²) in [5.41, 5.74) is 0.677. The Bertz CT molecular complexity index is 914. The van der Waals surface area contributed by atoms with E-state index in [-0.39, 0.29) is 22.8 Å². The fourth-order valence-electron chi connectivity index (χ4n) is 4.05. The van der Waals surface area contributed by atoms with Gasteiger partial charge < -0.3 is 10.1 Å². The number of benzene rings is 1. The number of aromatic nitrogens is 2. The molecule has 1 aliphatic rings. The highest BCUT2D eigenvalue weighted by Crippen LogP contribution is 2.39. The Labute approximate surface area is 176 Å². The van der Waals surface area contributed by atoms with E-state index in [0.29, 0.717) is 41.0 Å². The number of thioether (sulfide) groups is 1. The first-order valence-electron chi connectivity index (χ1n) is 10.4. The van der Waals surface area contributed by atoms with Crippen LogP contribution in [0.25, 0.3) is 10.9 Å². The molecule has 7 heteroatoms. The number of hydrogen-bond donors (Lipinski definition) is 1. The molecule has 2 aromatic rings. The van der Waals surface area contributed by atoms with E-state index in [9.17, 15) is 9.59 Å². The Balaban J connectivity index is 1.98. The normalized spacial score (nSPS) is 23.1. The highest BCUT2D eigenvalue weighted by molar-refractivity contribution is 8.00. The number of carbonyl (C=O) groups excluding carboxylic acids is 1. The maximum atomic E-state index is 13.5. The van der Waals surface area contributed by atoms with E-state index < -0.39 is 0 Å². The molecule has 1 N–H and O–H groups in total. The van der Waals surface area contributed by atoms with E-state index in [2.05, 4.69) is 19.2 Å². The van der Waals surface area contributed by atoms with E-state index in [0.717, 1.165) is 12.8 Å². The standard InChI is InChI=1S/C22H31N3O3S/c1-14-8-7-11-19(15(14)2)25-21(27)17-9-5-6-10-18(17)24-22(25)29-16(3)20(26)23-12-13-28-4/h5-6,9-10,14-16,19H,7-8,11-13H2,1-4H3,(H,23,26)/t14-,15+,16-,19-/m0/s1. The third kappa shape index (κ3) is 4.83. The summed E-state index contributed by atoms with van der Waals surface area (Å²) < 4.78 is 6.86. The molecular weight excluding hydrogens is 386 g/mol. The SMILES string of the molecule is COCCNC(=O)[C@H](C)Sc1nc2ccccc2c(=O)n1[C@H]1CCC[C@H](C)[C@H]1C. The first-order chi connectivity index (χ1) is 13.9. The molecule has 1 aliphatic carbocycles. The van der Waals surface area contributed by atoms with Crippen molar-refractivity contribution in [3.05, 3.63) is 34.6 Å². The molecule has 1 aromatic heterocycles. The zero-order valence-electron chi connectivity index (χ0n) is 17.7. The quantitative estimate of drug-likeness (QED) is 0.423. The fourth-order valence-corrected chi connectivity index (χ4v) is 5.04. The molecule has 0 bridgehead atoms. The minimum absolute atomic E-state index is 0.00367. The summed E-state index contributed by atoms with van der Waals surface area (Å²) in [7, 11) is 1.61. The second-order valence-corrected chi connectivity index (χ2v) is 9.27. The van der Waals surface area contributed by atoms with Gasteiger partial charge in [-0.15, -0.1) is 0 Å². The Kier molecular flexibility index (Phi) is 7.35. The summed E-state index contributed by atoms with van der Waals surface area (Å²) in [6.45, 7) is 7.28. The number of hydrogen-bond acceptors (Lipinski definition) is 5. The lowest BCUT2D eigenvalue weighted by molar-refractivity contribution is -0.120. The first kappa shape index (κ1) is 21.8. The van der Waals surface area contributed by atoms with Crippen molar-refractivity contribution in [1.82, 2.24) is 14.9 Å². The van der Waals surface area contributed by atoms with Gasteiger partial charge in [0.1, 0.15) is 0 Å².